The van der Waals surface area contributed by atoms with E-state index < -0.39 is 23.5 Å². The van der Waals surface area contributed by atoms with Crippen LogP contribution in [0.25, 0.3) is 11.1 Å². The number of carbonyl (C=O) groups excluding carboxylic acids is 2. The minimum atomic E-state index is -0.981. The maximum atomic E-state index is 14.3. The molecule has 0 bridgehead atoms. The third kappa shape index (κ3) is 6.56. The first-order chi connectivity index (χ1) is 23.3. The topological polar surface area (TPSA) is 95.9 Å². The standard InChI is InChI=1S/C40H39ClN2O5/c41-30-16-14-26(15-17-30)23-40(42-39(47)48-24-36-33-12-5-3-10-31(33)32-11-4-6-13-34(32)36)18-7-19-43(25-40)38(46)35(22-37(44)45)29-20-27-8-1-2-9-28(27)21-29/h1-6,8-17,29,35-36H,7,18-25H2,(H,42,47)(H,44,45). The van der Waals surface area contributed by atoms with Crippen LogP contribution in [0.1, 0.15) is 53.0 Å². The first-order valence-electron chi connectivity index (χ1n) is 16.7. The molecule has 0 radical (unpaired) electrons. The highest BCUT2D eigenvalue weighted by atomic mass is 35.5. The van der Waals surface area contributed by atoms with Crippen LogP contribution in [-0.4, -0.2) is 53.2 Å². The van der Waals surface area contributed by atoms with E-state index in [-0.39, 0.29) is 37.3 Å². The predicted molar refractivity (Wildman–Crippen MR) is 185 cm³/mol. The number of aliphatic carboxylic acids is 1. The first-order valence-corrected chi connectivity index (χ1v) is 17.1. The summed E-state index contributed by atoms with van der Waals surface area (Å²) in [5.41, 5.74) is 7.10. The number of piperidine rings is 1. The van der Waals surface area contributed by atoms with Crippen molar-refractivity contribution in [3.8, 4) is 11.1 Å². The molecule has 246 valence electrons. The van der Waals surface area contributed by atoms with E-state index in [9.17, 15) is 19.5 Å². The Morgan fingerprint density at radius 2 is 1.48 bits per heavy atom. The van der Waals surface area contributed by atoms with Crippen LogP contribution in [0.4, 0.5) is 4.79 Å². The normalized spacial score (nSPS) is 19.2. The molecule has 1 heterocycles. The number of halogens is 1. The number of carboxylic acid groups (broad SMARTS) is 1. The van der Waals surface area contributed by atoms with Crippen molar-refractivity contribution in [3.63, 3.8) is 0 Å². The lowest BCUT2D eigenvalue weighted by Crippen LogP contribution is -2.62. The van der Waals surface area contributed by atoms with Gasteiger partial charge in [0.25, 0.3) is 0 Å². The smallest absolute Gasteiger partial charge is 0.407 e. The summed E-state index contributed by atoms with van der Waals surface area (Å²) < 4.78 is 5.98. The lowest BCUT2D eigenvalue weighted by molar-refractivity contribution is -0.147. The van der Waals surface area contributed by atoms with Gasteiger partial charge in [-0.25, -0.2) is 4.79 Å². The lowest BCUT2D eigenvalue weighted by atomic mass is 9.81. The molecule has 2 unspecified atom stereocenters. The highest BCUT2D eigenvalue weighted by molar-refractivity contribution is 6.30. The zero-order valence-corrected chi connectivity index (χ0v) is 27.5. The average molecular weight is 663 g/mol. The number of likely N-dealkylation sites (tertiary alicyclic amines) is 1. The van der Waals surface area contributed by atoms with Gasteiger partial charge in [0.1, 0.15) is 6.61 Å². The predicted octanol–water partition coefficient (Wildman–Crippen LogP) is 7.29. The maximum absolute atomic E-state index is 14.3. The third-order valence-electron chi connectivity index (χ3n) is 10.4. The Labute approximate surface area is 285 Å². The van der Waals surface area contributed by atoms with Crippen LogP contribution in [0.15, 0.2) is 97.1 Å². The summed E-state index contributed by atoms with van der Waals surface area (Å²) in [7, 11) is 0. The Morgan fingerprint density at radius 1 is 0.875 bits per heavy atom. The third-order valence-corrected chi connectivity index (χ3v) is 10.7. The Balaban J connectivity index is 1.11. The number of hydrogen-bond donors (Lipinski definition) is 2. The van der Waals surface area contributed by atoms with Gasteiger partial charge in [-0.2, -0.15) is 0 Å². The van der Waals surface area contributed by atoms with Gasteiger partial charge in [0.15, 0.2) is 0 Å². The number of amides is 2. The van der Waals surface area contributed by atoms with E-state index in [2.05, 4.69) is 41.7 Å². The second kappa shape index (κ2) is 13.5. The average Bonchev–Trinajstić information content (AvgIpc) is 3.66. The molecule has 2 amide bonds. The molecular weight excluding hydrogens is 624 g/mol. The largest absolute Gasteiger partial charge is 0.481 e. The van der Waals surface area contributed by atoms with E-state index in [1.54, 1.807) is 4.90 Å². The van der Waals surface area contributed by atoms with Gasteiger partial charge < -0.3 is 20.1 Å². The quantitative estimate of drug-likeness (QED) is 0.196. The summed E-state index contributed by atoms with van der Waals surface area (Å²) in [6.45, 7) is 0.945. The van der Waals surface area contributed by atoms with E-state index in [0.717, 1.165) is 27.8 Å². The van der Waals surface area contributed by atoms with Gasteiger partial charge >= 0.3 is 12.1 Å². The van der Waals surface area contributed by atoms with Gasteiger partial charge in [0.2, 0.25) is 5.91 Å². The maximum Gasteiger partial charge on any atom is 0.407 e. The van der Waals surface area contributed by atoms with Crippen molar-refractivity contribution in [2.75, 3.05) is 19.7 Å². The highest BCUT2D eigenvalue weighted by Gasteiger charge is 2.43. The van der Waals surface area contributed by atoms with Crippen molar-refractivity contribution in [2.24, 2.45) is 11.8 Å². The molecule has 2 atom stereocenters. The molecule has 7 nitrogen and oxygen atoms in total. The number of ether oxygens (including phenoxy) is 1. The van der Waals surface area contributed by atoms with Crippen LogP contribution in [0, 0.1) is 11.8 Å². The Hall–Kier alpha value is -4.62. The zero-order valence-electron chi connectivity index (χ0n) is 26.7. The lowest BCUT2D eigenvalue weighted by Gasteiger charge is -2.44. The summed E-state index contributed by atoms with van der Waals surface area (Å²) in [5.74, 6) is -1.97. The summed E-state index contributed by atoms with van der Waals surface area (Å²) in [6.07, 6.45) is 2.38. The monoisotopic (exact) mass is 662 g/mol. The van der Waals surface area contributed by atoms with Gasteiger partial charge in [-0.05, 0) is 89.1 Å². The van der Waals surface area contributed by atoms with E-state index in [1.807, 2.05) is 60.7 Å². The number of hydrogen-bond acceptors (Lipinski definition) is 4. The molecule has 4 aromatic carbocycles. The van der Waals surface area contributed by atoms with Crippen molar-refractivity contribution in [1.82, 2.24) is 10.2 Å². The zero-order chi connectivity index (χ0) is 33.3. The van der Waals surface area contributed by atoms with Crippen LogP contribution < -0.4 is 5.32 Å². The van der Waals surface area contributed by atoms with E-state index in [0.29, 0.717) is 43.7 Å². The van der Waals surface area contributed by atoms with Gasteiger partial charge in [-0.3, -0.25) is 9.59 Å². The number of rotatable bonds is 9. The number of fused-ring (bicyclic) bond motifs is 4. The van der Waals surface area contributed by atoms with E-state index in [4.69, 9.17) is 16.3 Å². The van der Waals surface area contributed by atoms with Crippen molar-refractivity contribution >= 4 is 29.6 Å². The molecule has 1 fully saturated rings. The van der Waals surface area contributed by atoms with Crippen LogP contribution >= 0.6 is 11.6 Å². The molecule has 4 aromatic rings. The number of benzene rings is 4. The molecule has 0 saturated carbocycles. The van der Waals surface area contributed by atoms with Gasteiger partial charge in [0, 0.05) is 24.0 Å². The number of nitrogens with zero attached hydrogens (tertiary/aromatic N) is 1. The van der Waals surface area contributed by atoms with Gasteiger partial charge in [-0.15, -0.1) is 0 Å². The SMILES string of the molecule is O=C(O)CC(C(=O)N1CCCC(Cc2ccc(Cl)cc2)(NC(=O)OCC2c3ccccc3-c3ccccc32)C1)C1Cc2ccccc2C1. The molecule has 8 heteroatoms. The molecule has 1 saturated heterocycles. The molecule has 0 aromatic heterocycles. The van der Waals surface area contributed by atoms with Crippen molar-refractivity contribution in [3.05, 3.63) is 130 Å². The summed E-state index contributed by atoms with van der Waals surface area (Å²) in [6, 6.07) is 32.1. The van der Waals surface area contributed by atoms with Crippen LogP contribution in [0.3, 0.4) is 0 Å². The molecule has 48 heavy (non-hydrogen) atoms. The van der Waals surface area contributed by atoms with Gasteiger partial charge in [-0.1, -0.05) is 96.5 Å². The van der Waals surface area contributed by atoms with Crippen LogP contribution in [0.5, 0.6) is 0 Å². The molecule has 7 rings (SSSR count). The number of alkyl carbamates (subject to hydrolysis) is 1. The summed E-state index contributed by atoms with van der Waals surface area (Å²) in [4.78, 5) is 41.8. The minimum Gasteiger partial charge on any atom is -0.481 e. The van der Waals surface area contributed by atoms with Crippen molar-refractivity contribution in [1.29, 1.82) is 0 Å². The number of nitrogens with one attached hydrogen (secondary N) is 1. The molecule has 2 N–H and O–H groups in total. The number of carboxylic acids is 1. The highest BCUT2D eigenvalue weighted by Crippen LogP contribution is 2.44. The van der Waals surface area contributed by atoms with Crippen LogP contribution in [0.2, 0.25) is 5.02 Å². The fourth-order valence-corrected chi connectivity index (χ4v) is 8.34. The Kier molecular flexibility index (Phi) is 8.97. The van der Waals surface area contributed by atoms with Crippen molar-refractivity contribution < 1.29 is 24.2 Å². The second-order valence-corrected chi connectivity index (χ2v) is 14.0. The molecular formula is C40H39ClN2O5. The first kappa shape index (κ1) is 32.0. The summed E-state index contributed by atoms with van der Waals surface area (Å²) in [5, 5.41) is 13.7. The minimum absolute atomic E-state index is 0.0768. The van der Waals surface area contributed by atoms with Gasteiger partial charge in [0.05, 0.1) is 17.9 Å². The van der Waals surface area contributed by atoms with E-state index in [1.165, 1.54) is 11.1 Å². The molecule has 0 spiro atoms. The fourth-order valence-electron chi connectivity index (χ4n) is 8.21. The Bertz CT molecular complexity index is 1770. The Morgan fingerprint density at radius 3 is 2.10 bits per heavy atom. The van der Waals surface area contributed by atoms with Crippen LogP contribution in [-0.2, 0) is 33.6 Å². The van der Waals surface area contributed by atoms with Crippen molar-refractivity contribution in [2.45, 2.75) is 50.0 Å². The van der Waals surface area contributed by atoms with E-state index >= 15 is 0 Å². The number of carbonyl (C=O) groups is 3. The second-order valence-electron chi connectivity index (χ2n) is 13.5. The summed E-state index contributed by atoms with van der Waals surface area (Å²) >= 11 is 6.19. The molecule has 2 aliphatic carbocycles. The molecule has 1 aliphatic heterocycles. The fraction of sp³-hybridized carbons (Fsp3) is 0.325. The molecule has 3 aliphatic rings.